The Morgan fingerprint density at radius 2 is 2.20 bits per heavy atom. The first kappa shape index (κ1) is 13.1. The van der Waals surface area contributed by atoms with Gasteiger partial charge in [0.05, 0.1) is 29.5 Å². The van der Waals surface area contributed by atoms with E-state index in [1.165, 1.54) is 0 Å². The second kappa shape index (κ2) is 5.59. The quantitative estimate of drug-likeness (QED) is 0.802. The van der Waals surface area contributed by atoms with Crippen LogP contribution in [0.15, 0.2) is 42.7 Å². The van der Waals surface area contributed by atoms with Gasteiger partial charge in [-0.1, -0.05) is 25.1 Å². The lowest BCUT2D eigenvalue weighted by molar-refractivity contribution is 0.0689. The number of nitrogens with zero attached hydrogens (tertiary/aromatic N) is 2. The van der Waals surface area contributed by atoms with Crippen LogP contribution >= 0.6 is 0 Å². The van der Waals surface area contributed by atoms with Crippen molar-refractivity contribution in [3.8, 4) is 5.69 Å². The molecule has 4 nitrogen and oxygen atoms in total. The van der Waals surface area contributed by atoms with Gasteiger partial charge in [0.25, 0.3) is 0 Å². The summed E-state index contributed by atoms with van der Waals surface area (Å²) in [6.07, 6.45) is 5.21. The van der Waals surface area contributed by atoms with Gasteiger partial charge in [-0.2, -0.15) is 5.10 Å². The first-order valence-corrected chi connectivity index (χ1v) is 7.05. The number of Topliss-reactive ketones (excluding diaryl/α,β-unsaturated/α-hetero) is 1. The summed E-state index contributed by atoms with van der Waals surface area (Å²) in [6.45, 7) is 2.74. The van der Waals surface area contributed by atoms with Crippen molar-refractivity contribution in [2.45, 2.75) is 25.9 Å². The van der Waals surface area contributed by atoms with Crippen LogP contribution in [0.4, 0.5) is 0 Å². The smallest absolute Gasteiger partial charge is 0.171 e. The minimum Gasteiger partial charge on any atom is -0.377 e. The third-order valence-electron chi connectivity index (χ3n) is 3.84. The molecule has 0 amide bonds. The highest BCUT2D eigenvalue weighted by Crippen LogP contribution is 2.27. The molecule has 0 N–H and O–H groups in total. The zero-order valence-electron chi connectivity index (χ0n) is 11.5. The van der Waals surface area contributed by atoms with Crippen LogP contribution in [0.2, 0.25) is 0 Å². The second-order valence-corrected chi connectivity index (χ2v) is 5.09. The average Bonchev–Trinajstić information content (AvgIpc) is 3.16. The van der Waals surface area contributed by atoms with Crippen LogP contribution < -0.4 is 0 Å². The summed E-state index contributed by atoms with van der Waals surface area (Å²) in [7, 11) is 0. The van der Waals surface area contributed by atoms with Gasteiger partial charge in [-0.15, -0.1) is 0 Å². The Morgan fingerprint density at radius 1 is 1.40 bits per heavy atom. The molecule has 104 valence electrons. The molecule has 0 bridgehead atoms. The zero-order valence-corrected chi connectivity index (χ0v) is 11.5. The number of aromatic nitrogens is 2. The van der Waals surface area contributed by atoms with Gasteiger partial charge in [-0.3, -0.25) is 4.79 Å². The van der Waals surface area contributed by atoms with E-state index in [1.54, 1.807) is 10.9 Å². The average molecular weight is 270 g/mol. The highest BCUT2D eigenvalue weighted by Gasteiger charge is 2.33. The Bertz CT molecular complexity index is 592. The van der Waals surface area contributed by atoms with Gasteiger partial charge in [0.2, 0.25) is 0 Å². The SMILES string of the molecule is CCC1OCCC1C(=O)c1cnn(-c2ccccc2)c1. The van der Waals surface area contributed by atoms with E-state index in [0.717, 1.165) is 18.5 Å². The van der Waals surface area contributed by atoms with E-state index in [-0.39, 0.29) is 17.8 Å². The Balaban J connectivity index is 1.82. The molecule has 3 rings (SSSR count). The number of carbonyl (C=O) groups is 1. The van der Waals surface area contributed by atoms with Gasteiger partial charge >= 0.3 is 0 Å². The third kappa shape index (κ3) is 2.39. The summed E-state index contributed by atoms with van der Waals surface area (Å²) < 4.78 is 7.34. The Morgan fingerprint density at radius 3 is 2.95 bits per heavy atom. The molecular weight excluding hydrogens is 252 g/mol. The third-order valence-corrected chi connectivity index (χ3v) is 3.84. The molecule has 0 spiro atoms. The number of para-hydroxylation sites is 1. The molecule has 2 unspecified atom stereocenters. The van der Waals surface area contributed by atoms with Crippen LogP contribution in [0.3, 0.4) is 0 Å². The lowest BCUT2D eigenvalue weighted by Gasteiger charge is -2.14. The maximum absolute atomic E-state index is 12.5. The summed E-state index contributed by atoms with van der Waals surface area (Å²) in [6, 6.07) is 9.80. The van der Waals surface area contributed by atoms with E-state index in [9.17, 15) is 4.79 Å². The van der Waals surface area contributed by atoms with Gasteiger partial charge in [0, 0.05) is 12.8 Å². The van der Waals surface area contributed by atoms with Gasteiger partial charge in [-0.05, 0) is 25.0 Å². The zero-order chi connectivity index (χ0) is 13.9. The molecule has 1 aromatic carbocycles. The molecule has 1 aliphatic rings. The van der Waals surface area contributed by atoms with Crippen LogP contribution in [-0.2, 0) is 4.74 Å². The van der Waals surface area contributed by atoms with E-state index in [2.05, 4.69) is 12.0 Å². The Hall–Kier alpha value is -1.94. The van der Waals surface area contributed by atoms with Crippen LogP contribution in [0, 0.1) is 5.92 Å². The molecule has 2 atom stereocenters. The number of carbonyl (C=O) groups excluding carboxylic acids is 1. The number of benzene rings is 1. The molecule has 1 fully saturated rings. The molecule has 0 aliphatic carbocycles. The molecule has 2 aromatic rings. The first-order chi connectivity index (χ1) is 9.79. The van der Waals surface area contributed by atoms with Crippen molar-refractivity contribution in [3.63, 3.8) is 0 Å². The fourth-order valence-electron chi connectivity index (χ4n) is 2.74. The molecule has 2 heterocycles. The fraction of sp³-hybridized carbons (Fsp3) is 0.375. The van der Waals surface area contributed by atoms with Gasteiger partial charge in [-0.25, -0.2) is 4.68 Å². The van der Waals surface area contributed by atoms with E-state index >= 15 is 0 Å². The van der Waals surface area contributed by atoms with Crippen molar-refractivity contribution >= 4 is 5.78 Å². The topological polar surface area (TPSA) is 44.1 Å². The molecular formula is C16H18N2O2. The summed E-state index contributed by atoms with van der Waals surface area (Å²) in [4.78, 5) is 12.5. The standard InChI is InChI=1S/C16H18N2O2/c1-2-15-14(8-9-20-15)16(19)12-10-17-18(11-12)13-6-4-3-5-7-13/h3-7,10-11,14-15H,2,8-9H2,1H3. The van der Waals surface area contributed by atoms with Crippen molar-refractivity contribution in [3.05, 3.63) is 48.3 Å². The minimum absolute atomic E-state index is 0.0200. The number of ketones is 1. The maximum atomic E-state index is 12.5. The predicted molar refractivity (Wildman–Crippen MR) is 76.0 cm³/mol. The summed E-state index contributed by atoms with van der Waals surface area (Å²) in [5, 5.41) is 4.28. The van der Waals surface area contributed by atoms with E-state index in [1.807, 2.05) is 36.5 Å². The van der Waals surface area contributed by atoms with Crippen molar-refractivity contribution in [2.24, 2.45) is 5.92 Å². The van der Waals surface area contributed by atoms with Crippen LogP contribution in [0.25, 0.3) is 5.69 Å². The minimum atomic E-state index is -0.0200. The first-order valence-electron chi connectivity index (χ1n) is 7.05. The molecule has 1 aromatic heterocycles. The van der Waals surface area contributed by atoms with Crippen LogP contribution in [0.1, 0.15) is 30.1 Å². The Labute approximate surface area is 118 Å². The summed E-state index contributed by atoms with van der Waals surface area (Å²) in [5.41, 5.74) is 1.63. The molecule has 20 heavy (non-hydrogen) atoms. The second-order valence-electron chi connectivity index (χ2n) is 5.09. The number of rotatable bonds is 4. The summed E-state index contributed by atoms with van der Waals surface area (Å²) in [5.74, 6) is 0.130. The highest BCUT2D eigenvalue weighted by molar-refractivity contribution is 5.98. The predicted octanol–water partition coefficient (Wildman–Crippen LogP) is 2.87. The van der Waals surface area contributed by atoms with Crippen LogP contribution in [-0.4, -0.2) is 28.3 Å². The summed E-state index contributed by atoms with van der Waals surface area (Å²) >= 11 is 0. The monoisotopic (exact) mass is 270 g/mol. The van der Waals surface area contributed by atoms with Crippen LogP contribution in [0.5, 0.6) is 0 Å². The lowest BCUT2D eigenvalue weighted by Crippen LogP contribution is -2.23. The molecule has 4 heteroatoms. The van der Waals surface area contributed by atoms with E-state index in [4.69, 9.17) is 4.74 Å². The van der Waals surface area contributed by atoms with Gasteiger partial charge in [0.1, 0.15) is 0 Å². The normalized spacial score (nSPS) is 22.1. The van der Waals surface area contributed by atoms with Crippen molar-refractivity contribution < 1.29 is 9.53 Å². The molecule has 0 saturated carbocycles. The molecule has 1 saturated heterocycles. The molecule has 0 radical (unpaired) electrons. The van der Waals surface area contributed by atoms with Gasteiger partial charge < -0.3 is 4.74 Å². The fourth-order valence-corrected chi connectivity index (χ4v) is 2.74. The molecule has 1 aliphatic heterocycles. The van der Waals surface area contributed by atoms with Crippen molar-refractivity contribution in [1.82, 2.24) is 9.78 Å². The largest absolute Gasteiger partial charge is 0.377 e. The maximum Gasteiger partial charge on any atom is 0.171 e. The highest BCUT2D eigenvalue weighted by atomic mass is 16.5. The van der Waals surface area contributed by atoms with E-state index in [0.29, 0.717) is 12.2 Å². The van der Waals surface area contributed by atoms with Crippen molar-refractivity contribution in [1.29, 1.82) is 0 Å². The Kier molecular flexibility index (Phi) is 3.65. The number of ether oxygens (including phenoxy) is 1. The lowest BCUT2D eigenvalue weighted by atomic mass is 9.92. The number of hydrogen-bond acceptors (Lipinski definition) is 3. The van der Waals surface area contributed by atoms with E-state index < -0.39 is 0 Å². The van der Waals surface area contributed by atoms with Crippen molar-refractivity contribution in [2.75, 3.05) is 6.61 Å². The number of hydrogen-bond donors (Lipinski definition) is 0. The van der Waals surface area contributed by atoms with Gasteiger partial charge in [0.15, 0.2) is 5.78 Å².